The van der Waals surface area contributed by atoms with Gasteiger partial charge in [-0.25, -0.2) is 14.0 Å². The first-order valence-electron chi connectivity index (χ1n) is 7.41. The lowest BCUT2D eigenvalue weighted by molar-refractivity contribution is -0.351. The van der Waals surface area contributed by atoms with Gasteiger partial charge in [0, 0.05) is 11.6 Å². The summed E-state index contributed by atoms with van der Waals surface area (Å²) in [4.78, 5) is 21.1. The first-order chi connectivity index (χ1) is 12.0. The zero-order chi connectivity index (χ0) is 21.7. The van der Waals surface area contributed by atoms with E-state index < -0.39 is 48.9 Å². The van der Waals surface area contributed by atoms with Crippen molar-refractivity contribution in [1.29, 1.82) is 0 Å². The van der Waals surface area contributed by atoms with Gasteiger partial charge < -0.3 is 9.47 Å². The van der Waals surface area contributed by atoms with Crippen LogP contribution in [-0.4, -0.2) is 49.1 Å². The normalized spacial score (nSPS) is 21.6. The molecule has 156 valence electrons. The summed E-state index contributed by atoms with van der Waals surface area (Å²) in [6, 6.07) is 0. The standard InChI is InChI=1S/C11H11F7O2.C5H8O2/c1-6(2)7(19)20-5-8(12)3-9(13,14)11(17,18)10(15,16)4-8;1-3-4-5(6)7-2/h1,3-5H2,2H3;3-4H,1-2H3/b;4-3+. The maximum Gasteiger partial charge on any atom is 0.372 e. The molecule has 1 saturated carbocycles. The predicted octanol–water partition coefficient (Wildman–Crippen LogP) is 4.25. The van der Waals surface area contributed by atoms with Gasteiger partial charge >= 0.3 is 29.7 Å². The fraction of sp³-hybridized carbons (Fsp3) is 0.625. The van der Waals surface area contributed by atoms with Crippen LogP contribution < -0.4 is 0 Å². The van der Waals surface area contributed by atoms with E-state index in [4.69, 9.17) is 0 Å². The molecule has 0 aromatic rings. The molecule has 0 aromatic carbocycles. The van der Waals surface area contributed by atoms with E-state index in [2.05, 4.69) is 16.1 Å². The summed E-state index contributed by atoms with van der Waals surface area (Å²) in [6.07, 6.45) is -1.33. The van der Waals surface area contributed by atoms with E-state index in [1.54, 1.807) is 13.0 Å². The van der Waals surface area contributed by atoms with Crippen LogP contribution in [-0.2, 0) is 19.1 Å². The van der Waals surface area contributed by atoms with Crippen molar-refractivity contribution < 1.29 is 49.8 Å². The lowest BCUT2D eigenvalue weighted by Crippen LogP contribution is -2.64. The van der Waals surface area contributed by atoms with E-state index in [-0.39, 0.29) is 11.5 Å². The van der Waals surface area contributed by atoms with Gasteiger partial charge in [0.1, 0.15) is 6.61 Å². The van der Waals surface area contributed by atoms with Crippen molar-refractivity contribution in [3.8, 4) is 0 Å². The molecular formula is C16H19F7O4. The summed E-state index contributed by atoms with van der Waals surface area (Å²) in [5.41, 5.74) is -3.66. The molecule has 11 heteroatoms. The van der Waals surface area contributed by atoms with Crippen LogP contribution in [0, 0.1) is 0 Å². The molecule has 0 heterocycles. The van der Waals surface area contributed by atoms with E-state index in [1.165, 1.54) is 13.2 Å². The maximum atomic E-state index is 13.9. The van der Waals surface area contributed by atoms with Gasteiger partial charge in [0.05, 0.1) is 20.0 Å². The summed E-state index contributed by atoms with van der Waals surface area (Å²) in [7, 11) is 1.35. The third-order valence-electron chi connectivity index (χ3n) is 3.31. The number of halogens is 7. The molecule has 0 unspecified atom stereocenters. The smallest absolute Gasteiger partial charge is 0.372 e. The molecule has 0 saturated heterocycles. The average molecular weight is 408 g/mol. The number of hydrogen-bond acceptors (Lipinski definition) is 4. The van der Waals surface area contributed by atoms with Gasteiger partial charge in [-0.2, -0.15) is 26.3 Å². The van der Waals surface area contributed by atoms with E-state index in [9.17, 15) is 40.3 Å². The molecule has 0 aromatic heterocycles. The number of hydrogen-bond donors (Lipinski definition) is 0. The molecule has 0 bridgehead atoms. The Hall–Kier alpha value is -2.07. The second kappa shape index (κ2) is 8.75. The van der Waals surface area contributed by atoms with Crippen molar-refractivity contribution in [2.24, 2.45) is 0 Å². The molecule has 27 heavy (non-hydrogen) atoms. The average Bonchev–Trinajstić information content (AvgIpc) is 2.50. The summed E-state index contributed by atoms with van der Waals surface area (Å²) >= 11 is 0. The van der Waals surface area contributed by atoms with Gasteiger partial charge in [-0.05, 0) is 13.8 Å². The number of methoxy groups -OCH3 is 1. The fourth-order valence-corrected chi connectivity index (χ4v) is 1.97. The number of rotatable bonds is 4. The van der Waals surface area contributed by atoms with E-state index in [1.807, 2.05) is 0 Å². The number of allylic oxidation sites excluding steroid dienone is 1. The van der Waals surface area contributed by atoms with Crippen LogP contribution >= 0.6 is 0 Å². The van der Waals surface area contributed by atoms with Crippen molar-refractivity contribution >= 4 is 11.9 Å². The van der Waals surface area contributed by atoms with Gasteiger partial charge in [-0.3, -0.25) is 0 Å². The Kier molecular flexibility index (Phi) is 8.08. The minimum atomic E-state index is -5.66. The molecule has 0 amide bonds. The summed E-state index contributed by atoms with van der Waals surface area (Å²) in [5, 5.41) is 0. The topological polar surface area (TPSA) is 52.6 Å². The molecule has 0 aliphatic heterocycles. The Morgan fingerprint density at radius 3 is 1.78 bits per heavy atom. The highest BCUT2D eigenvalue weighted by Gasteiger charge is 2.78. The highest BCUT2D eigenvalue weighted by molar-refractivity contribution is 5.86. The Balaban J connectivity index is 0.000000821. The van der Waals surface area contributed by atoms with Crippen molar-refractivity contribution in [1.82, 2.24) is 0 Å². The molecule has 0 N–H and O–H groups in total. The number of esters is 2. The number of alkyl halides is 7. The second-order valence-electron chi connectivity index (χ2n) is 5.87. The molecule has 1 fully saturated rings. The molecule has 0 spiro atoms. The number of carbonyl (C=O) groups is 2. The zero-order valence-corrected chi connectivity index (χ0v) is 14.8. The van der Waals surface area contributed by atoms with E-state index >= 15 is 0 Å². The quantitative estimate of drug-likeness (QED) is 0.397. The zero-order valence-electron chi connectivity index (χ0n) is 14.8. The number of ether oxygens (including phenoxy) is 2. The van der Waals surface area contributed by atoms with Crippen molar-refractivity contribution in [3.63, 3.8) is 0 Å². The molecule has 0 radical (unpaired) electrons. The van der Waals surface area contributed by atoms with Gasteiger partial charge in [-0.15, -0.1) is 0 Å². The van der Waals surface area contributed by atoms with Gasteiger partial charge in [0.25, 0.3) is 0 Å². The first-order valence-corrected chi connectivity index (χ1v) is 7.41. The van der Waals surface area contributed by atoms with Crippen LogP contribution in [0.15, 0.2) is 24.3 Å². The SMILES string of the molecule is C/C=C/C(=O)OC.C=C(C)C(=O)OCC1(F)CC(F)(F)C(F)(F)C(F)(F)C1. The van der Waals surface area contributed by atoms with Crippen LogP contribution in [0.2, 0.25) is 0 Å². The van der Waals surface area contributed by atoms with E-state index in [0.29, 0.717) is 0 Å². The minimum Gasteiger partial charge on any atom is -0.466 e. The summed E-state index contributed by atoms with van der Waals surface area (Å²) < 4.78 is 100. The Bertz CT molecular complexity index is 580. The largest absolute Gasteiger partial charge is 0.466 e. The summed E-state index contributed by atoms with van der Waals surface area (Å²) in [5.74, 6) is -17.7. The molecular weight excluding hydrogens is 389 g/mol. The number of carbonyl (C=O) groups excluding carboxylic acids is 2. The Labute approximate surface area is 151 Å². The summed E-state index contributed by atoms with van der Waals surface area (Å²) in [6.45, 7) is 4.56. The van der Waals surface area contributed by atoms with Crippen molar-refractivity contribution in [3.05, 3.63) is 24.3 Å². The molecule has 0 atom stereocenters. The van der Waals surface area contributed by atoms with Crippen molar-refractivity contribution in [2.45, 2.75) is 50.1 Å². The van der Waals surface area contributed by atoms with Crippen LogP contribution in [0.3, 0.4) is 0 Å². The molecule has 1 aliphatic carbocycles. The fourth-order valence-electron chi connectivity index (χ4n) is 1.97. The monoisotopic (exact) mass is 408 g/mol. The molecule has 1 aliphatic rings. The third-order valence-corrected chi connectivity index (χ3v) is 3.31. The second-order valence-corrected chi connectivity index (χ2v) is 5.87. The lowest BCUT2D eigenvalue weighted by Gasteiger charge is -2.43. The van der Waals surface area contributed by atoms with E-state index in [0.717, 1.165) is 6.92 Å². The maximum absolute atomic E-state index is 13.9. The first kappa shape index (κ1) is 24.9. The van der Waals surface area contributed by atoms with Crippen LogP contribution in [0.4, 0.5) is 30.7 Å². The third kappa shape index (κ3) is 6.24. The molecule has 4 nitrogen and oxygen atoms in total. The van der Waals surface area contributed by atoms with Gasteiger partial charge in [0.2, 0.25) is 0 Å². The molecule has 1 rings (SSSR count). The highest BCUT2D eigenvalue weighted by Crippen LogP contribution is 2.57. The van der Waals surface area contributed by atoms with Crippen LogP contribution in [0.1, 0.15) is 26.7 Å². The van der Waals surface area contributed by atoms with Crippen LogP contribution in [0.25, 0.3) is 0 Å². The van der Waals surface area contributed by atoms with Crippen molar-refractivity contribution in [2.75, 3.05) is 13.7 Å². The van der Waals surface area contributed by atoms with Gasteiger partial charge in [0.15, 0.2) is 5.67 Å². The van der Waals surface area contributed by atoms with Crippen LogP contribution in [0.5, 0.6) is 0 Å². The minimum absolute atomic E-state index is 0.215. The van der Waals surface area contributed by atoms with Gasteiger partial charge in [-0.1, -0.05) is 12.7 Å². The lowest BCUT2D eigenvalue weighted by atomic mass is 9.79. The highest BCUT2D eigenvalue weighted by atomic mass is 19.3. The Morgan fingerprint density at radius 1 is 1.04 bits per heavy atom. The Morgan fingerprint density at radius 2 is 1.48 bits per heavy atom. The predicted molar refractivity (Wildman–Crippen MR) is 80.5 cm³/mol.